The van der Waals surface area contributed by atoms with Gasteiger partial charge in [0.05, 0.1) is 8.07 Å². The summed E-state index contributed by atoms with van der Waals surface area (Å²) in [6, 6.07) is 26.8. The molecular weight excluding hydrogens is 499 g/mol. The Kier molecular flexibility index (Phi) is 15.2. The summed E-state index contributed by atoms with van der Waals surface area (Å²) in [6.07, 6.45) is 10.0. The Morgan fingerprint density at radius 2 is 1.36 bits per heavy atom. The Labute approximate surface area is 224 Å². The zero-order valence-corrected chi connectivity index (χ0v) is 23.7. The molecule has 5 heteroatoms. The number of aromatic hydroxyl groups is 1. The molecule has 3 aromatic rings. The molecule has 0 atom stereocenters. The van der Waals surface area contributed by atoms with E-state index < -0.39 is 8.07 Å². The average Bonchev–Trinajstić information content (AvgIpc) is 3.34. The first-order valence-electron chi connectivity index (χ1n) is 10.5. The van der Waals surface area contributed by atoms with Crippen molar-refractivity contribution in [1.29, 1.82) is 0 Å². The van der Waals surface area contributed by atoms with Crippen molar-refractivity contribution in [2.75, 3.05) is 0 Å². The van der Waals surface area contributed by atoms with Gasteiger partial charge in [-0.2, -0.15) is 6.08 Å². The Balaban J connectivity index is 0.000000493. The predicted molar refractivity (Wildman–Crippen MR) is 133 cm³/mol. The van der Waals surface area contributed by atoms with Gasteiger partial charge in [0, 0.05) is 0 Å². The fraction of sp³-hybridized carbons (Fsp3) is 0.179. The van der Waals surface area contributed by atoms with E-state index in [0.29, 0.717) is 5.75 Å². The number of allylic oxidation sites excluding steroid dienone is 4. The van der Waals surface area contributed by atoms with Crippen LogP contribution >= 0.6 is 0 Å². The van der Waals surface area contributed by atoms with Crippen LogP contribution in [-0.4, -0.2) is 17.0 Å². The Morgan fingerprint density at radius 1 is 0.848 bits per heavy atom. The average molecular weight is 530 g/mol. The summed E-state index contributed by atoms with van der Waals surface area (Å²) in [6.45, 7) is 8.85. The van der Waals surface area contributed by atoms with Crippen LogP contribution in [0.2, 0.25) is 19.6 Å². The summed E-state index contributed by atoms with van der Waals surface area (Å²) in [5, 5.41) is 10.7. The summed E-state index contributed by atoms with van der Waals surface area (Å²) in [5.74, 6) is 0.396. The van der Waals surface area contributed by atoms with Gasteiger partial charge in [0.25, 0.3) is 0 Å². The molecule has 0 amide bonds. The van der Waals surface area contributed by atoms with Gasteiger partial charge in [0.2, 0.25) is 0 Å². The van der Waals surface area contributed by atoms with E-state index in [1.165, 1.54) is 20.1 Å². The van der Waals surface area contributed by atoms with Gasteiger partial charge in [-0.15, -0.1) is 6.42 Å². The van der Waals surface area contributed by atoms with Gasteiger partial charge in [-0.1, -0.05) is 30.9 Å². The number of hydrogen-bond acceptors (Lipinski definition) is 1. The molecule has 3 aromatic carbocycles. The molecule has 4 rings (SSSR count). The standard InChI is InChI=1S/C13H10.C10H16OSi.C5H5.2ClH.Ti/c1-3-7-12(8-4-1)11-13-9-5-2-6-10-13;1-8-5-9(11)7-10(6-8)12(2,3)4;1-2-4-5-3-1;;;/h1-10H;5-7,11H,1-4H3;1-3H,4H2;2*1H;/q;;-1;;;+1/p-2. The van der Waals surface area contributed by atoms with Crippen LogP contribution in [-0.2, 0) is 20.0 Å². The van der Waals surface area contributed by atoms with Gasteiger partial charge in [-0.3, -0.25) is 6.08 Å². The second-order valence-electron chi connectivity index (χ2n) is 8.42. The van der Waals surface area contributed by atoms with Crippen LogP contribution in [0, 0.1) is 13.0 Å². The molecule has 33 heavy (non-hydrogen) atoms. The molecule has 0 unspecified atom stereocenters. The predicted octanol–water partition coefficient (Wildman–Crippen LogP) is 0.362. The van der Waals surface area contributed by atoms with Crippen LogP contribution in [0.25, 0.3) is 0 Å². The Morgan fingerprint density at radius 3 is 1.70 bits per heavy atom. The molecule has 0 spiro atoms. The van der Waals surface area contributed by atoms with E-state index in [1.807, 2.05) is 37.3 Å². The van der Waals surface area contributed by atoms with Gasteiger partial charge >= 0.3 is 95.6 Å². The number of rotatable bonds is 3. The molecule has 0 bridgehead atoms. The van der Waals surface area contributed by atoms with E-state index >= 15 is 0 Å². The van der Waals surface area contributed by atoms with Crippen LogP contribution in [0.15, 0.2) is 97.1 Å². The van der Waals surface area contributed by atoms with E-state index in [1.54, 1.807) is 6.07 Å². The van der Waals surface area contributed by atoms with Crippen molar-refractivity contribution in [3.8, 4) is 5.75 Å². The third-order valence-corrected chi connectivity index (χ3v) is 7.56. The van der Waals surface area contributed by atoms with Crippen LogP contribution in [0.1, 0.15) is 23.1 Å². The van der Waals surface area contributed by atoms with Crippen molar-refractivity contribution in [3.63, 3.8) is 0 Å². The van der Waals surface area contributed by atoms with Gasteiger partial charge in [-0.25, -0.2) is 12.2 Å². The van der Waals surface area contributed by atoms with E-state index in [4.69, 9.17) is 0 Å². The molecule has 173 valence electrons. The normalized spacial score (nSPS) is 11.1. The fourth-order valence-electron chi connectivity index (χ4n) is 2.91. The van der Waals surface area contributed by atoms with E-state index in [0.717, 1.165) is 12.0 Å². The molecule has 0 aromatic heterocycles. The van der Waals surface area contributed by atoms with Crippen molar-refractivity contribution in [2.45, 2.75) is 33.0 Å². The van der Waals surface area contributed by atoms with Crippen molar-refractivity contribution in [2.24, 2.45) is 0 Å². The summed E-state index contributed by atoms with van der Waals surface area (Å²) in [7, 11) is -1.26. The number of benzene rings is 3. The Bertz CT molecular complexity index is 955. The molecule has 0 saturated heterocycles. The van der Waals surface area contributed by atoms with E-state index in [-0.39, 0.29) is 24.8 Å². The second-order valence-corrected chi connectivity index (χ2v) is 14.3. The molecule has 0 heterocycles. The van der Waals surface area contributed by atoms with Crippen LogP contribution in [0.3, 0.4) is 0 Å². The van der Waals surface area contributed by atoms with Crippen LogP contribution < -0.4 is 30.0 Å². The number of aryl methyl sites for hydroxylation is 1. The molecule has 1 aliphatic rings. The van der Waals surface area contributed by atoms with E-state index in [9.17, 15) is 5.11 Å². The van der Waals surface area contributed by atoms with Crippen molar-refractivity contribution >= 4 is 17.1 Å². The summed E-state index contributed by atoms with van der Waals surface area (Å²) >= 11 is 2.16. The van der Waals surface area contributed by atoms with Crippen LogP contribution in [0.5, 0.6) is 5.75 Å². The molecule has 1 aliphatic carbocycles. The first kappa shape index (κ1) is 31.3. The first-order chi connectivity index (χ1) is 14.8. The zero-order chi connectivity index (χ0) is 22.7. The van der Waals surface area contributed by atoms with Crippen molar-refractivity contribution in [3.05, 3.63) is 120 Å². The fourth-order valence-corrected chi connectivity index (χ4v) is 4.67. The topological polar surface area (TPSA) is 20.2 Å². The van der Waals surface area contributed by atoms with Gasteiger partial charge < -0.3 is 29.9 Å². The number of phenolic OH excluding ortho intramolecular Hbond substituents is 1. The zero-order valence-electron chi connectivity index (χ0n) is 19.6. The van der Waals surface area contributed by atoms with Crippen molar-refractivity contribution < 1.29 is 49.9 Å². The summed E-state index contributed by atoms with van der Waals surface area (Å²) in [5.41, 5.74) is 3.73. The third-order valence-electron chi connectivity index (χ3n) is 4.64. The number of hydrogen-bond donors (Lipinski definition) is 1. The minimum atomic E-state index is -1.26. The monoisotopic (exact) mass is 529 g/mol. The molecule has 0 radical (unpaired) electrons. The van der Waals surface area contributed by atoms with Gasteiger partial charge in [0.1, 0.15) is 5.75 Å². The quantitative estimate of drug-likeness (QED) is 0.384. The van der Waals surface area contributed by atoms with Gasteiger partial charge in [-0.05, 0) is 24.6 Å². The molecule has 0 saturated carbocycles. The van der Waals surface area contributed by atoms with Gasteiger partial charge in [0.15, 0.2) is 0 Å². The van der Waals surface area contributed by atoms with Crippen LogP contribution in [0.4, 0.5) is 0 Å². The molecule has 0 aliphatic heterocycles. The molecule has 0 fully saturated rings. The second kappa shape index (κ2) is 16.0. The Hall–Kier alpha value is -1.68. The maximum absolute atomic E-state index is 9.38. The third kappa shape index (κ3) is 11.8. The number of phenols is 1. The maximum atomic E-state index is 9.38. The summed E-state index contributed by atoms with van der Waals surface area (Å²) < 4.78 is 1.33. The molecular formula is C28H31Cl2OSiTi-2. The molecule has 1 N–H and O–H groups in total. The summed E-state index contributed by atoms with van der Waals surface area (Å²) in [4.78, 5) is 0. The van der Waals surface area contributed by atoms with Crippen molar-refractivity contribution in [1.82, 2.24) is 0 Å². The first-order valence-corrected chi connectivity index (χ1v) is 14.8. The molecule has 1 nitrogen and oxygen atoms in total. The minimum absolute atomic E-state index is 0. The van der Waals surface area contributed by atoms with E-state index in [2.05, 4.69) is 106 Å². The SMILES string of the molecule is Cc1cc(O)cc([Si](C)(C)C)c1.[C-]1=CC=CC1.[Cl-].[Cl-].[Ti+]=[C](c1ccccc1)c1ccccc1. The number of halogens is 2.